The van der Waals surface area contributed by atoms with Gasteiger partial charge in [-0.15, -0.1) is 0 Å². The van der Waals surface area contributed by atoms with Crippen LogP contribution in [0.2, 0.25) is 0 Å². The highest BCUT2D eigenvalue weighted by molar-refractivity contribution is 7.89. The first kappa shape index (κ1) is 17.5. The van der Waals surface area contributed by atoms with Crippen molar-refractivity contribution in [3.63, 3.8) is 0 Å². The van der Waals surface area contributed by atoms with Crippen LogP contribution in [-0.2, 0) is 14.8 Å². The largest absolute Gasteiger partial charge is 0.496 e. The number of ether oxygens (including phenoxy) is 2. The maximum atomic E-state index is 12.9. The van der Waals surface area contributed by atoms with Gasteiger partial charge < -0.3 is 19.3 Å². The molecular formula is C15H19N3O6S. The molecule has 136 valence electrons. The van der Waals surface area contributed by atoms with Gasteiger partial charge in [0.25, 0.3) is 5.91 Å². The van der Waals surface area contributed by atoms with Crippen LogP contribution in [0.1, 0.15) is 16.8 Å². The molecule has 1 aromatic carbocycles. The molecule has 2 saturated heterocycles. The number of nitrogens with zero attached hydrogens (tertiary/aromatic N) is 2. The Bertz CT molecular complexity index is 840. The Balaban J connectivity index is 1.88. The summed E-state index contributed by atoms with van der Waals surface area (Å²) in [7, 11) is -0.917. The van der Waals surface area contributed by atoms with Gasteiger partial charge in [-0.2, -0.15) is 0 Å². The molecule has 0 aliphatic carbocycles. The maximum absolute atomic E-state index is 12.9. The summed E-state index contributed by atoms with van der Waals surface area (Å²) in [5.74, 6) is -0.149. The Morgan fingerprint density at radius 1 is 1.36 bits per heavy atom. The van der Waals surface area contributed by atoms with Crippen molar-refractivity contribution in [3.05, 3.63) is 23.8 Å². The highest BCUT2D eigenvalue weighted by atomic mass is 32.2. The molecule has 0 saturated carbocycles. The molecule has 2 heterocycles. The summed E-state index contributed by atoms with van der Waals surface area (Å²) in [4.78, 5) is 27.3. The van der Waals surface area contributed by atoms with Gasteiger partial charge in [-0.05, 0) is 18.2 Å². The number of nitrogens with two attached hydrogens (primary N) is 1. The molecule has 1 aromatic rings. The van der Waals surface area contributed by atoms with Crippen LogP contribution in [0.25, 0.3) is 0 Å². The normalized spacial score (nSPS) is 23.2. The monoisotopic (exact) mass is 369 g/mol. The highest BCUT2D eigenvalue weighted by Crippen LogP contribution is 2.33. The van der Waals surface area contributed by atoms with Crippen molar-refractivity contribution in [1.82, 2.24) is 9.80 Å². The average molecular weight is 369 g/mol. The van der Waals surface area contributed by atoms with E-state index in [1.165, 1.54) is 35.1 Å². The van der Waals surface area contributed by atoms with E-state index >= 15 is 0 Å². The van der Waals surface area contributed by atoms with Crippen LogP contribution in [0, 0.1) is 0 Å². The summed E-state index contributed by atoms with van der Waals surface area (Å²) >= 11 is 0. The van der Waals surface area contributed by atoms with Gasteiger partial charge in [0.1, 0.15) is 5.75 Å². The third-order valence-electron chi connectivity index (χ3n) is 4.47. The minimum Gasteiger partial charge on any atom is -0.496 e. The molecule has 1 spiro atoms. The van der Waals surface area contributed by atoms with Gasteiger partial charge in [-0.1, -0.05) is 0 Å². The van der Waals surface area contributed by atoms with E-state index < -0.39 is 27.6 Å². The molecule has 1 atom stereocenters. The fourth-order valence-corrected chi connectivity index (χ4v) is 3.76. The lowest BCUT2D eigenvalue weighted by Crippen LogP contribution is -2.39. The highest BCUT2D eigenvalue weighted by Gasteiger charge is 2.49. The number of rotatable bonds is 3. The Hall–Kier alpha value is -2.33. The Morgan fingerprint density at radius 2 is 2.08 bits per heavy atom. The van der Waals surface area contributed by atoms with Crippen molar-refractivity contribution in [2.24, 2.45) is 5.14 Å². The minimum absolute atomic E-state index is 0.101. The predicted molar refractivity (Wildman–Crippen MR) is 86.7 cm³/mol. The van der Waals surface area contributed by atoms with Crippen molar-refractivity contribution in [2.45, 2.75) is 16.9 Å². The third kappa shape index (κ3) is 3.14. The molecule has 2 aliphatic rings. The van der Waals surface area contributed by atoms with Gasteiger partial charge in [0.2, 0.25) is 10.0 Å². The topological polar surface area (TPSA) is 119 Å². The predicted octanol–water partition coefficient (Wildman–Crippen LogP) is 0.00930. The van der Waals surface area contributed by atoms with Gasteiger partial charge in [0, 0.05) is 20.0 Å². The molecule has 2 aliphatic heterocycles. The standard InChI is InChI=1S/C15H19N3O6S/c1-17-8-15(24-14(17)20)5-6-18(9-15)13(19)11-7-10(25(16,21)22)3-4-12(11)23-2/h3-4,7H,5-6,8-9H2,1-2H3,(H2,16,21,22)/t15-/m1/s1. The van der Waals surface area contributed by atoms with Gasteiger partial charge in [0.15, 0.2) is 5.60 Å². The number of sulfonamides is 1. The number of hydrogen-bond acceptors (Lipinski definition) is 6. The summed E-state index contributed by atoms with van der Waals surface area (Å²) in [6, 6.07) is 3.88. The zero-order valence-electron chi connectivity index (χ0n) is 13.9. The molecule has 0 unspecified atom stereocenters. The van der Waals surface area contributed by atoms with E-state index in [-0.39, 0.29) is 22.8 Å². The Kier molecular flexibility index (Phi) is 4.12. The summed E-state index contributed by atoms with van der Waals surface area (Å²) in [6.07, 6.45) is 0.106. The molecule has 25 heavy (non-hydrogen) atoms. The molecule has 9 nitrogen and oxygen atoms in total. The second-order valence-electron chi connectivity index (χ2n) is 6.29. The summed E-state index contributed by atoms with van der Waals surface area (Å²) < 4.78 is 33.7. The van der Waals surface area contributed by atoms with Crippen LogP contribution in [0.4, 0.5) is 4.79 Å². The lowest BCUT2D eigenvalue weighted by Gasteiger charge is -2.22. The SMILES string of the molecule is COc1ccc(S(N)(=O)=O)cc1C(=O)N1CC[C@@]2(CN(C)C(=O)O2)C1. The second kappa shape index (κ2) is 5.88. The van der Waals surface area contributed by atoms with Crippen LogP contribution in [0.3, 0.4) is 0 Å². The zero-order valence-corrected chi connectivity index (χ0v) is 14.7. The van der Waals surface area contributed by atoms with E-state index in [1.807, 2.05) is 0 Å². The quantitative estimate of drug-likeness (QED) is 0.801. The van der Waals surface area contributed by atoms with Gasteiger partial charge in [-0.25, -0.2) is 18.4 Å². The van der Waals surface area contributed by atoms with Gasteiger partial charge >= 0.3 is 6.09 Å². The van der Waals surface area contributed by atoms with E-state index in [1.54, 1.807) is 7.05 Å². The molecule has 2 N–H and O–H groups in total. The van der Waals surface area contributed by atoms with Crippen LogP contribution in [0.15, 0.2) is 23.1 Å². The molecular weight excluding hydrogens is 350 g/mol. The molecule has 3 rings (SSSR count). The lowest BCUT2D eigenvalue weighted by atomic mass is 10.0. The fraction of sp³-hybridized carbons (Fsp3) is 0.467. The first-order chi connectivity index (χ1) is 11.6. The lowest BCUT2D eigenvalue weighted by molar-refractivity contribution is 0.0551. The second-order valence-corrected chi connectivity index (χ2v) is 7.85. The van der Waals surface area contributed by atoms with Crippen molar-refractivity contribution in [1.29, 1.82) is 0 Å². The van der Waals surface area contributed by atoms with E-state index in [2.05, 4.69) is 0 Å². The van der Waals surface area contributed by atoms with Crippen LogP contribution >= 0.6 is 0 Å². The van der Waals surface area contributed by atoms with Crippen LogP contribution in [-0.4, -0.2) is 69.6 Å². The molecule has 0 radical (unpaired) electrons. The number of benzene rings is 1. The average Bonchev–Trinajstić information content (AvgIpc) is 3.08. The minimum atomic E-state index is -3.95. The van der Waals surface area contributed by atoms with E-state index in [9.17, 15) is 18.0 Å². The first-order valence-electron chi connectivity index (χ1n) is 7.59. The molecule has 0 aromatic heterocycles. The van der Waals surface area contributed by atoms with Gasteiger partial charge in [-0.3, -0.25) is 4.79 Å². The van der Waals surface area contributed by atoms with Crippen molar-refractivity contribution >= 4 is 22.0 Å². The number of carbonyl (C=O) groups is 2. The summed E-state index contributed by atoms with van der Waals surface area (Å²) in [6.45, 7) is 1.04. The first-order valence-corrected chi connectivity index (χ1v) is 9.14. The molecule has 2 fully saturated rings. The number of methoxy groups -OCH3 is 1. The number of carbonyl (C=O) groups excluding carboxylic acids is 2. The number of hydrogen-bond donors (Lipinski definition) is 1. The van der Waals surface area contributed by atoms with Crippen molar-refractivity contribution in [2.75, 3.05) is 33.8 Å². The summed E-state index contributed by atoms with van der Waals surface area (Å²) in [5, 5.41) is 5.14. The zero-order chi connectivity index (χ0) is 18.4. The van der Waals surface area contributed by atoms with Crippen LogP contribution < -0.4 is 9.88 Å². The summed E-state index contributed by atoms with van der Waals surface area (Å²) in [5.41, 5.74) is -0.615. The smallest absolute Gasteiger partial charge is 0.410 e. The number of primary sulfonamides is 1. The van der Waals surface area contributed by atoms with Crippen LogP contribution in [0.5, 0.6) is 5.75 Å². The number of likely N-dealkylation sites (N-methyl/N-ethyl adjacent to an activating group) is 1. The van der Waals surface area contributed by atoms with Crippen molar-refractivity contribution in [3.8, 4) is 5.75 Å². The van der Waals surface area contributed by atoms with E-state index in [4.69, 9.17) is 14.6 Å². The number of likely N-dealkylation sites (tertiary alicyclic amines) is 1. The Morgan fingerprint density at radius 3 is 2.64 bits per heavy atom. The molecule has 2 amide bonds. The molecule has 10 heteroatoms. The van der Waals surface area contributed by atoms with Crippen molar-refractivity contribution < 1.29 is 27.5 Å². The maximum Gasteiger partial charge on any atom is 0.410 e. The Labute approximate surface area is 145 Å². The van der Waals surface area contributed by atoms with E-state index in [0.717, 1.165) is 0 Å². The van der Waals surface area contributed by atoms with E-state index in [0.29, 0.717) is 19.5 Å². The third-order valence-corrected chi connectivity index (χ3v) is 5.39. The molecule has 0 bridgehead atoms. The number of amides is 2. The van der Waals surface area contributed by atoms with Gasteiger partial charge in [0.05, 0.1) is 30.7 Å². The fourth-order valence-electron chi connectivity index (χ4n) is 3.22.